The maximum absolute atomic E-state index is 13.2. The molecule has 1 N–H and O–H groups in total. The van der Waals surface area contributed by atoms with E-state index in [1.54, 1.807) is 26.0 Å². The molecular formula is C13H14FNO3. The third-order valence-electron chi connectivity index (χ3n) is 2.10. The number of amides is 1. The van der Waals surface area contributed by atoms with Gasteiger partial charge in [0.15, 0.2) is 6.61 Å². The lowest BCUT2D eigenvalue weighted by Crippen LogP contribution is -2.20. The predicted octanol–water partition coefficient (Wildman–Crippen LogP) is 2.19. The fourth-order valence-electron chi connectivity index (χ4n) is 1.19. The molecule has 0 fully saturated rings. The van der Waals surface area contributed by atoms with Gasteiger partial charge in [0.2, 0.25) is 0 Å². The van der Waals surface area contributed by atoms with Crippen LogP contribution < -0.4 is 5.32 Å². The monoisotopic (exact) mass is 251 g/mol. The number of hydrogen-bond donors (Lipinski definition) is 1. The lowest BCUT2D eigenvalue weighted by atomic mass is 10.2. The zero-order valence-corrected chi connectivity index (χ0v) is 10.2. The Morgan fingerprint density at radius 2 is 2.17 bits per heavy atom. The molecule has 0 saturated carbocycles. The number of esters is 1. The Hall–Kier alpha value is -2.17. The molecule has 0 aromatic heterocycles. The van der Waals surface area contributed by atoms with Crippen molar-refractivity contribution in [2.75, 3.05) is 11.9 Å². The van der Waals surface area contributed by atoms with E-state index in [9.17, 15) is 14.0 Å². The van der Waals surface area contributed by atoms with Gasteiger partial charge in [-0.2, -0.15) is 0 Å². The molecular weight excluding hydrogens is 237 g/mol. The number of rotatable bonds is 4. The first-order valence-corrected chi connectivity index (χ1v) is 5.38. The van der Waals surface area contributed by atoms with Crippen LogP contribution in [0.15, 0.2) is 30.4 Å². The molecule has 0 heterocycles. The molecule has 0 unspecified atom stereocenters. The second-order valence-corrected chi connectivity index (χ2v) is 3.62. The lowest BCUT2D eigenvalue weighted by molar-refractivity contribution is -0.142. The number of aryl methyl sites for hydroxylation is 1. The van der Waals surface area contributed by atoms with E-state index in [0.29, 0.717) is 11.3 Å². The third-order valence-corrected chi connectivity index (χ3v) is 2.10. The first-order chi connectivity index (χ1) is 8.52. The van der Waals surface area contributed by atoms with E-state index >= 15 is 0 Å². The second kappa shape index (κ2) is 6.54. The summed E-state index contributed by atoms with van der Waals surface area (Å²) in [5.74, 6) is -1.52. The summed E-state index contributed by atoms with van der Waals surface area (Å²) in [6.07, 6.45) is 2.72. The topological polar surface area (TPSA) is 55.4 Å². The molecule has 0 saturated heterocycles. The Balaban J connectivity index is 2.49. The maximum atomic E-state index is 13.2. The zero-order valence-electron chi connectivity index (χ0n) is 10.2. The molecule has 4 nitrogen and oxygen atoms in total. The summed E-state index contributed by atoms with van der Waals surface area (Å²) in [6.45, 7) is 2.88. The van der Waals surface area contributed by atoms with Crippen molar-refractivity contribution < 1.29 is 18.7 Å². The maximum Gasteiger partial charge on any atom is 0.330 e. The van der Waals surface area contributed by atoms with Gasteiger partial charge < -0.3 is 10.1 Å². The number of benzene rings is 1. The largest absolute Gasteiger partial charge is 0.452 e. The Bertz CT molecular complexity index is 483. The van der Waals surface area contributed by atoms with Crippen molar-refractivity contribution in [3.05, 3.63) is 41.7 Å². The van der Waals surface area contributed by atoms with E-state index in [4.69, 9.17) is 0 Å². The summed E-state index contributed by atoms with van der Waals surface area (Å²) in [6, 6.07) is 4.34. The number of allylic oxidation sites excluding steroid dienone is 1. The molecule has 5 heteroatoms. The zero-order chi connectivity index (χ0) is 13.5. The fraction of sp³-hybridized carbons (Fsp3) is 0.231. The number of halogens is 1. The summed E-state index contributed by atoms with van der Waals surface area (Å²) in [7, 11) is 0. The van der Waals surface area contributed by atoms with Crippen molar-refractivity contribution in [3.63, 3.8) is 0 Å². The molecule has 18 heavy (non-hydrogen) atoms. The average Bonchev–Trinajstić information content (AvgIpc) is 2.32. The number of hydrogen-bond acceptors (Lipinski definition) is 3. The third kappa shape index (κ3) is 4.37. The minimum absolute atomic E-state index is 0.324. The van der Waals surface area contributed by atoms with Gasteiger partial charge in [0.05, 0.1) is 0 Å². The van der Waals surface area contributed by atoms with Crippen LogP contribution in [0.1, 0.15) is 12.5 Å². The molecule has 1 aromatic rings. The highest BCUT2D eigenvalue weighted by Crippen LogP contribution is 2.13. The summed E-state index contributed by atoms with van der Waals surface area (Å²) in [5.41, 5.74) is 0.817. The predicted molar refractivity (Wildman–Crippen MR) is 65.5 cm³/mol. The van der Waals surface area contributed by atoms with E-state index < -0.39 is 24.3 Å². The van der Waals surface area contributed by atoms with E-state index in [-0.39, 0.29) is 0 Å². The first kappa shape index (κ1) is 13.9. The fourth-order valence-corrected chi connectivity index (χ4v) is 1.19. The SMILES string of the molecule is C/C=C/C(=O)OCC(=O)Nc1ccc(C)c(F)c1. The van der Waals surface area contributed by atoms with Crippen LogP contribution in [0, 0.1) is 12.7 Å². The Kier molecular flexibility index (Phi) is 5.05. The molecule has 1 aromatic carbocycles. The van der Waals surface area contributed by atoms with Gasteiger partial charge in [-0.25, -0.2) is 9.18 Å². The quantitative estimate of drug-likeness (QED) is 0.659. The van der Waals surface area contributed by atoms with Crippen LogP contribution in [0.5, 0.6) is 0 Å². The van der Waals surface area contributed by atoms with Gasteiger partial charge in [0.25, 0.3) is 5.91 Å². The van der Waals surface area contributed by atoms with Gasteiger partial charge in [-0.1, -0.05) is 12.1 Å². The number of nitrogens with one attached hydrogen (secondary N) is 1. The molecule has 0 bridgehead atoms. The van der Waals surface area contributed by atoms with Gasteiger partial charge in [-0.15, -0.1) is 0 Å². The lowest BCUT2D eigenvalue weighted by Gasteiger charge is -2.06. The van der Waals surface area contributed by atoms with Crippen LogP contribution in [-0.2, 0) is 14.3 Å². The molecule has 0 spiro atoms. The van der Waals surface area contributed by atoms with Gasteiger partial charge in [-0.3, -0.25) is 4.79 Å². The summed E-state index contributed by atoms with van der Waals surface area (Å²) in [4.78, 5) is 22.3. The van der Waals surface area contributed by atoms with Crippen LogP contribution in [0.3, 0.4) is 0 Å². The Morgan fingerprint density at radius 3 is 2.78 bits per heavy atom. The number of carbonyl (C=O) groups excluding carboxylic acids is 2. The molecule has 0 aliphatic carbocycles. The number of carbonyl (C=O) groups is 2. The normalized spacial score (nSPS) is 10.4. The molecule has 1 amide bonds. The van der Waals surface area contributed by atoms with Crippen LogP contribution in [0.2, 0.25) is 0 Å². The van der Waals surface area contributed by atoms with Gasteiger partial charge >= 0.3 is 5.97 Å². The standard InChI is InChI=1S/C13H14FNO3/c1-3-4-13(17)18-8-12(16)15-10-6-5-9(2)11(14)7-10/h3-7H,8H2,1-2H3,(H,15,16)/b4-3+. The highest BCUT2D eigenvalue weighted by Gasteiger charge is 2.06. The molecule has 0 radical (unpaired) electrons. The molecule has 0 atom stereocenters. The molecule has 96 valence electrons. The van der Waals surface area contributed by atoms with Gasteiger partial charge in [-0.05, 0) is 31.5 Å². The smallest absolute Gasteiger partial charge is 0.330 e. The van der Waals surface area contributed by atoms with Crippen molar-refractivity contribution in [3.8, 4) is 0 Å². The number of anilines is 1. The number of ether oxygens (including phenoxy) is 1. The molecule has 0 aliphatic rings. The second-order valence-electron chi connectivity index (χ2n) is 3.62. The Labute approximate surface area is 104 Å². The minimum atomic E-state index is -0.595. The van der Waals surface area contributed by atoms with Crippen LogP contribution in [0.25, 0.3) is 0 Å². The van der Waals surface area contributed by atoms with Crippen molar-refractivity contribution in [2.24, 2.45) is 0 Å². The van der Waals surface area contributed by atoms with Crippen LogP contribution in [-0.4, -0.2) is 18.5 Å². The van der Waals surface area contributed by atoms with E-state index in [1.165, 1.54) is 18.2 Å². The van der Waals surface area contributed by atoms with E-state index in [1.807, 2.05) is 0 Å². The molecule has 1 rings (SSSR count). The molecule has 0 aliphatic heterocycles. The Morgan fingerprint density at radius 1 is 1.44 bits per heavy atom. The summed E-state index contributed by atoms with van der Waals surface area (Å²) in [5, 5.41) is 2.43. The van der Waals surface area contributed by atoms with Crippen LogP contribution in [0.4, 0.5) is 10.1 Å². The van der Waals surface area contributed by atoms with E-state index in [2.05, 4.69) is 10.1 Å². The van der Waals surface area contributed by atoms with Gasteiger partial charge in [0.1, 0.15) is 5.82 Å². The van der Waals surface area contributed by atoms with Crippen molar-refractivity contribution in [1.82, 2.24) is 0 Å². The first-order valence-electron chi connectivity index (χ1n) is 5.38. The summed E-state index contributed by atoms with van der Waals surface area (Å²) >= 11 is 0. The van der Waals surface area contributed by atoms with Crippen LogP contribution >= 0.6 is 0 Å². The highest BCUT2D eigenvalue weighted by atomic mass is 19.1. The van der Waals surface area contributed by atoms with Crippen molar-refractivity contribution >= 4 is 17.6 Å². The van der Waals surface area contributed by atoms with Crippen molar-refractivity contribution in [2.45, 2.75) is 13.8 Å². The van der Waals surface area contributed by atoms with E-state index in [0.717, 1.165) is 0 Å². The van der Waals surface area contributed by atoms with Crippen molar-refractivity contribution in [1.29, 1.82) is 0 Å². The highest BCUT2D eigenvalue weighted by molar-refractivity contribution is 5.93. The summed E-state index contributed by atoms with van der Waals surface area (Å²) < 4.78 is 17.8. The minimum Gasteiger partial charge on any atom is -0.452 e. The van der Waals surface area contributed by atoms with Gasteiger partial charge in [0, 0.05) is 11.8 Å². The average molecular weight is 251 g/mol.